The van der Waals surface area contributed by atoms with Crippen LogP contribution in [0, 0.1) is 0 Å². The third kappa shape index (κ3) is 2.88. The zero-order chi connectivity index (χ0) is 10.7. The van der Waals surface area contributed by atoms with Gasteiger partial charge in [0, 0.05) is 11.4 Å². The second kappa shape index (κ2) is 4.75. The topological polar surface area (TPSA) is 0 Å². The van der Waals surface area contributed by atoms with Gasteiger partial charge in [-0.2, -0.15) is 11.8 Å². The largest absolute Gasteiger partial charge is 0.243 e. The maximum absolute atomic E-state index is 14.4. The van der Waals surface area contributed by atoms with Crippen molar-refractivity contribution in [2.24, 2.45) is 0 Å². The van der Waals surface area contributed by atoms with Gasteiger partial charge in [-0.25, -0.2) is 4.39 Å². The van der Waals surface area contributed by atoms with Gasteiger partial charge in [-0.05, 0) is 36.0 Å². The Balaban J connectivity index is 2.10. The van der Waals surface area contributed by atoms with E-state index >= 15 is 0 Å². The predicted octanol–water partition coefficient (Wildman–Crippen LogP) is 4.12. The summed E-state index contributed by atoms with van der Waals surface area (Å²) in [5.74, 6) is 1.86. The van der Waals surface area contributed by atoms with E-state index in [2.05, 4.69) is 0 Å². The van der Waals surface area contributed by atoms with Crippen molar-refractivity contribution in [1.29, 1.82) is 0 Å². The quantitative estimate of drug-likeness (QED) is 0.754. The molecule has 0 saturated carbocycles. The average molecular weight is 245 g/mol. The van der Waals surface area contributed by atoms with Crippen molar-refractivity contribution in [3.8, 4) is 0 Å². The van der Waals surface area contributed by atoms with Crippen molar-refractivity contribution < 1.29 is 4.39 Å². The molecule has 0 N–H and O–H groups in total. The number of hydrogen-bond acceptors (Lipinski definition) is 1. The van der Waals surface area contributed by atoms with Crippen molar-refractivity contribution in [3.05, 3.63) is 34.9 Å². The molecule has 15 heavy (non-hydrogen) atoms. The molecule has 0 nitrogen and oxygen atoms in total. The number of hydrogen-bond donors (Lipinski definition) is 0. The van der Waals surface area contributed by atoms with Crippen LogP contribution in [-0.4, -0.2) is 17.2 Å². The Bertz CT molecular complexity index is 334. The van der Waals surface area contributed by atoms with Crippen LogP contribution in [0.3, 0.4) is 0 Å². The van der Waals surface area contributed by atoms with E-state index in [1.165, 1.54) is 0 Å². The van der Waals surface area contributed by atoms with Crippen molar-refractivity contribution >= 4 is 23.4 Å². The zero-order valence-corrected chi connectivity index (χ0v) is 10.1. The number of thioether (sulfide) groups is 1. The van der Waals surface area contributed by atoms with Crippen LogP contribution in [0.2, 0.25) is 5.02 Å². The van der Waals surface area contributed by atoms with Crippen LogP contribution >= 0.6 is 23.4 Å². The van der Waals surface area contributed by atoms with Gasteiger partial charge in [-0.1, -0.05) is 29.8 Å². The van der Waals surface area contributed by atoms with Crippen LogP contribution in [0.4, 0.5) is 4.39 Å². The van der Waals surface area contributed by atoms with E-state index in [0.717, 1.165) is 17.1 Å². The van der Waals surface area contributed by atoms with Gasteiger partial charge in [0.15, 0.2) is 0 Å². The van der Waals surface area contributed by atoms with Gasteiger partial charge in [0.1, 0.15) is 5.67 Å². The second-order valence-electron chi connectivity index (χ2n) is 4.03. The molecule has 0 bridgehead atoms. The molecule has 0 aliphatic carbocycles. The van der Waals surface area contributed by atoms with Crippen molar-refractivity contribution in [1.82, 2.24) is 0 Å². The van der Waals surface area contributed by atoms with E-state index in [-0.39, 0.29) is 0 Å². The molecule has 0 atom stereocenters. The lowest BCUT2D eigenvalue weighted by molar-refractivity contribution is 0.150. The number of rotatable bonds is 2. The monoisotopic (exact) mass is 244 g/mol. The highest BCUT2D eigenvalue weighted by Gasteiger charge is 2.32. The zero-order valence-electron chi connectivity index (χ0n) is 8.51. The summed E-state index contributed by atoms with van der Waals surface area (Å²) in [6.07, 6.45) is 1.78. The number of halogens is 2. The smallest absolute Gasteiger partial charge is 0.116 e. The van der Waals surface area contributed by atoms with Gasteiger partial charge in [-0.3, -0.25) is 0 Å². The van der Waals surface area contributed by atoms with E-state index in [0.29, 0.717) is 24.3 Å². The molecule has 0 spiro atoms. The van der Waals surface area contributed by atoms with E-state index in [9.17, 15) is 4.39 Å². The minimum Gasteiger partial charge on any atom is -0.243 e. The van der Waals surface area contributed by atoms with Crippen LogP contribution in [0.15, 0.2) is 24.3 Å². The summed E-state index contributed by atoms with van der Waals surface area (Å²) in [4.78, 5) is 0. The Kier molecular flexibility index (Phi) is 3.57. The van der Waals surface area contributed by atoms with Gasteiger partial charge in [0.25, 0.3) is 0 Å². The minimum absolute atomic E-state index is 0.466. The molecule has 1 saturated heterocycles. The van der Waals surface area contributed by atoms with Crippen LogP contribution in [0.1, 0.15) is 18.4 Å². The molecular weight excluding hydrogens is 231 g/mol. The van der Waals surface area contributed by atoms with Crippen LogP contribution in [0.25, 0.3) is 0 Å². The van der Waals surface area contributed by atoms with Crippen molar-refractivity contribution in [2.75, 3.05) is 11.5 Å². The minimum atomic E-state index is -1.03. The molecule has 1 heterocycles. The molecule has 0 radical (unpaired) electrons. The van der Waals surface area contributed by atoms with Crippen LogP contribution in [-0.2, 0) is 6.42 Å². The number of benzene rings is 1. The molecule has 0 unspecified atom stereocenters. The summed E-state index contributed by atoms with van der Waals surface area (Å²) >= 11 is 7.87. The van der Waals surface area contributed by atoms with Gasteiger partial charge < -0.3 is 0 Å². The Morgan fingerprint density at radius 3 is 2.60 bits per heavy atom. The lowest BCUT2D eigenvalue weighted by Crippen LogP contribution is -2.31. The Morgan fingerprint density at radius 2 is 1.93 bits per heavy atom. The molecule has 3 heteroatoms. The highest BCUT2D eigenvalue weighted by molar-refractivity contribution is 7.99. The van der Waals surface area contributed by atoms with E-state index < -0.39 is 5.67 Å². The summed E-state index contributed by atoms with van der Waals surface area (Å²) in [5, 5.41) is 0.688. The summed E-state index contributed by atoms with van der Waals surface area (Å²) in [7, 11) is 0. The molecule has 0 amide bonds. The molecular formula is C12H14ClFS. The highest BCUT2D eigenvalue weighted by atomic mass is 35.5. The molecule has 1 fully saturated rings. The van der Waals surface area contributed by atoms with E-state index in [1.807, 2.05) is 36.0 Å². The van der Waals surface area contributed by atoms with E-state index in [4.69, 9.17) is 11.6 Å². The fraction of sp³-hybridized carbons (Fsp3) is 0.500. The second-order valence-corrected chi connectivity index (χ2v) is 5.66. The summed E-state index contributed by atoms with van der Waals surface area (Å²) in [6.45, 7) is 0. The maximum Gasteiger partial charge on any atom is 0.116 e. The summed E-state index contributed by atoms with van der Waals surface area (Å²) in [5.41, 5.74) is -0.0930. The van der Waals surface area contributed by atoms with Crippen molar-refractivity contribution in [2.45, 2.75) is 24.9 Å². The standard InChI is InChI=1S/C12H14ClFS/c13-11-4-2-1-3-10(11)9-12(14)5-7-15-8-6-12/h1-4H,5-9H2. The molecule has 1 aliphatic rings. The van der Waals surface area contributed by atoms with Crippen molar-refractivity contribution in [3.63, 3.8) is 0 Å². The fourth-order valence-corrected chi connectivity index (χ4v) is 3.32. The molecule has 1 aromatic rings. The summed E-state index contributed by atoms with van der Waals surface area (Å²) < 4.78 is 14.4. The average Bonchev–Trinajstić information content (AvgIpc) is 2.22. The first-order valence-corrected chi connectivity index (χ1v) is 6.73. The Labute approximate surface area is 99.2 Å². The highest BCUT2D eigenvalue weighted by Crippen LogP contribution is 2.35. The first-order valence-electron chi connectivity index (χ1n) is 5.20. The lowest BCUT2D eigenvalue weighted by Gasteiger charge is -2.29. The predicted molar refractivity (Wildman–Crippen MR) is 65.6 cm³/mol. The molecule has 82 valence electrons. The number of alkyl halides is 1. The van der Waals surface area contributed by atoms with E-state index in [1.54, 1.807) is 0 Å². The maximum atomic E-state index is 14.4. The van der Waals surface area contributed by atoms with Crippen LogP contribution in [0.5, 0.6) is 0 Å². The molecule has 2 rings (SSSR count). The SMILES string of the molecule is FC1(Cc2ccccc2Cl)CCSCC1. The first kappa shape index (κ1) is 11.3. The van der Waals surface area contributed by atoms with Gasteiger partial charge >= 0.3 is 0 Å². The fourth-order valence-electron chi connectivity index (χ4n) is 1.90. The molecule has 1 aromatic carbocycles. The third-order valence-electron chi connectivity index (χ3n) is 2.85. The third-order valence-corrected chi connectivity index (χ3v) is 4.21. The normalized spacial score (nSPS) is 20.1. The van der Waals surface area contributed by atoms with Gasteiger partial charge in [0.05, 0.1) is 0 Å². The van der Waals surface area contributed by atoms with Gasteiger partial charge in [0.2, 0.25) is 0 Å². The Hall–Kier alpha value is -0.210. The molecule has 0 aromatic heterocycles. The van der Waals surface area contributed by atoms with Gasteiger partial charge in [-0.15, -0.1) is 0 Å². The van der Waals surface area contributed by atoms with Crippen LogP contribution < -0.4 is 0 Å². The lowest BCUT2D eigenvalue weighted by atomic mass is 9.91. The first-order chi connectivity index (χ1) is 7.20. The Morgan fingerprint density at radius 1 is 1.27 bits per heavy atom. The molecule has 1 aliphatic heterocycles. The summed E-state index contributed by atoms with van der Waals surface area (Å²) in [6, 6.07) is 7.55.